The molecule has 2 atom stereocenters. The van der Waals surface area contributed by atoms with Gasteiger partial charge in [-0.1, -0.05) is 44.4 Å². The van der Waals surface area contributed by atoms with Crippen molar-refractivity contribution in [2.45, 2.75) is 51.6 Å². The van der Waals surface area contributed by atoms with Crippen LogP contribution in [-0.2, 0) is 6.54 Å². The molecule has 1 aliphatic carbocycles. The lowest BCUT2D eigenvalue weighted by atomic mass is 9.97. The molecule has 0 radical (unpaired) electrons. The minimum Gasteiger partial charge on any atom is -0.460 e. The van der Waals surface area contributed by atoms with Gasteiger partial charge in [0.1, 0.15) is 11.3 Å². The van der Waals surface area contributed by atoms with Crippen molar-refractivity contribution in [3.8, 4) is 0 Å². The number of benzene rings is 1. The molecule has 0 saturated heterocycles. The van der Waals surface area contributed by atoms with Crippen molar-refractivity contribution in [3.63, 3.8) is 0 Å². The van der Waals surface area contributed by atoms with Gasteiger partial charge in [-0.05, 0) is 30.9 Å². The van der Waals surface area contributed by atoms with Crippen molar-refractivity contribution in [3.05, 3.63) is 36.1 Å². The topological polar surface area (TPSA) is 25.2 Å². The molecule has 2 heteroatoms. The molecule has 3 rings (SSSR count). The van der Waals surface area contributed by atoms with E-state index in [0.29, 0.717) is 6.04 Å². The third kappa shape index (κ3) is 3.01. The van der Waals surface area contributed by atoms with E-state index in [1.54, 1.807) is 0 Å². The summed E-state index contributed by atoms with van der Waals surface area (Å²) in [6.45, 7) is 3.23. The summed E-state index contributed by atoms with van der Waals surface area (Å²) in [5, 5.41) is 4.90. The summed E-state index contributed by atoms with van der Waals surface area (Å²) in [6, 6.07) is 11.0. The minimum atomic E-state index is 0.649. The molecule has 0 amide bonds. The molecule has 1 N–H and O–H groups in total. The fraction of sp³-hybridized carbons (Fsp3) is 0.529. The molecule has 19 heavy (non-hydrogen) atoms. The highest BCUT2D eigenvalue weighted by Gasteiger charge is 2.19. The average molecular weight is 257 g/mol. The quantitative estimate of drug-likeness (QED) is 0.819. The van der Waals surface area contributed by atoms with Crippen LogP contribution in [0.15, 0.2) is 34.7 Å². The van der Waals surface area contributed by atoms with Crippen LogP contribution in [0.4, 0.5) is 0 Å². The van der Waals surface area contributed by atoms with E-state index in [1.807, 2.05) is 12.1 Å². The first kappa shape index (κ1) is 12.7. The molecule has 1 heterocycles. The molecule has 102 valence electrons. The summed E-state index contributed by atoms with van der Waals surface area (Å²) >= 11 is 0. The van der Waals surface area contributed by atoms with Crippen LogP contribution in [0.25, 0.3) is 11.0 Å². The number of fused-ring (bicyclic) bond motifs is 1. The van der Waals surface area contributed by atoms with Gasteiger partial charge in [0.15, 0.2) is 0 Å². The third-order valence-corrected chi connectivity index (χ3v) is 4.38. The molecule has 0 spiro atoms. The lowest BCUT2D eigenvalue weighted by molar-refractivity contribution is 0.344. The molecule has 0 aliphatic heterocycles. The molecule has 1 aromatic carbocycles. The zero-order valence-corrected chi connectivity index (χ0v) is 11.7. The fourth-order valence-corrected chi connectivity index (χ4v) is 3.15. The van der Waals surface area contributed by atoms with Crippen LogP contribution in [0.3, 0.4) is 0 Å². The number of furan rings is 1. The third-order valence-electron chi connectivity index (χ3n) is 4.38. The number of hydrogen-bond donors (Lipinski definition) is 1. The molecule has 1 saturated carbocycles. The van der Waals surface area contributed by atoms with Crippen molar-refractivity contribution in [1.82, 2.24) is 5.32 Å². The number of hydrogen-bond acceptors (Lipinski definition) is 2. The number of para-hydroxylation sites is 1. The largest absolute Gasteiger partial charge is 0.460 e. The van der Waals surface area contributed by atoms with E-state index < -0.39 is 0 Å². The Morgan fingerprint density at radius 3 is 2.89 bits per heavy atom. The van der Waals surface area contributed by atoms with E-state index in [4.69, 9.17) is 4.42 Å². The maximum atomic E-state index is 5.86. The van der Waals surface area contributed by atoms with E-state index in [0.717, 1.165) is 23.8 Å². The van der Waals surface area contributed by atoms with E-state index in [-0.39, 0.29) is 0 Å². The number of rotatable bonds is 3. The Morgan fingerprint density at radius 2 is 2.00 bits per heavy atom. The van der Waals surface area contributed by atoms with Crippen molar-refractivity contribution >= 4 is 11.0 Å². The first-order chi connectivity index (χ1) is 9.33. The first-order valence-corrected chi connectivity index (χ1v) is 7.54. The van der Waals surface area contributed by atoms with Crippen LogP contribution in [0, 0.1) is 5.92 Å². The van der Waals surface area contributed by atoms with Crippen molar-refractivity contribution in [1.29, 1.82) is 0 Å². The van der Waals surface area contributed by atoms with Gasteiger partial charge in [-0.25, -0.2) is 0 Å². The second-order valence-electron chi connectivity index (χ2n) is 5.85. The van der Waals surface area contributed by atoms with Crippen LogP contribution < -0.4 is 5.32 Å². The summed E-state index contributed by atoms with van der Waals surface area (Å²) in [5.74, 6) is 1.84. The fourth-order valence-electron chi connectivity index (χ4n) is 3.15. The highest BCUT2D eigenvalue weighted by molar-refractivity contribution is 5.77. The minimum absolute atomic E-state index is 0.649. The predicted molar refractivity (Wildman–Crippen MR) is 79.1 cm³/mol. The summed E-state index contributed by atoms with van der Waals surface area (Å²) in [6.07, 6.45) is 6.82. The monoisotopic (exact) mass is 257 g/mol. The SMILES string of the molecule is CC1CCCCCC1NCc1cc2ccccc2o1. The van der Waals surface area contributed by atoms with Gasteiger partial charge in [0, 0.05) is 11.4 Å². The molecule has 0 bridgehead atoms. The molecular weight excluding hydrogens is 234 g/mol. The molecule has 2 nitrogen and oxygen atoms in total. The van der Waals surface area contributed by atoms with E-state index in [2.05, 4.69) is 30.4 Å². The lowest BCUT2D eigenvalue weighted by Crippen LogP contribution is -2.33. The Morgan fingerprint density at radius 1 is 1.16 bits per heavy atom. The molecular formula is C17H23NO. The maximum Gasteiger partial charge on any atom is 0.134 e. The van der Waals surface area contributed by atoms with Crippen molar-refractivity contribution < 1.29 is 4.42 Å². The molecule has 1 aromatic heterocycles. The van der Waals surface area contributed by atoms with E-state index in [9.17, 15) is 0 Å². The standard InChI is InChI=1S/C17H23NO/c1-13-7-3-2-4-9-16(13)18-12-15-11-14-8-5-6-10-17(14)19-15/h5-6,8,10-11,13,16,18H,2-4,7,9,12H2,1H3. The Bertz CT molecular complexity index is 498. The Kier molecular flexibility index (Phi) is 3.88. The van der Waals surface area contributed by atoms with Gasteiger partial charge in [0.2, 0.25) is 0 Å². The van der Waals surface area contributed by atoms with Gasteiger partial charge < -0.3 is 9.73 Å². The van der Waals surface area contributed by atoms with Crippen LogP contribution in [0.2, 0.25) is 0 Å². The average Bonchev–Trinajstić information content (AvgIpc) is 2.73. The highest BCUT2D eigenvalue weighted by atomic mass is 16.3. The zero-order valence-electron chi connectivity index (χ0n) is 11.7. The molecule has 1 fully saturated rings. The van der Waals surface area contributed by atoms with E-state index >= 15 is 0 Å². The van der Waals surface area contributed by atoms with Crippen LogP contribution in [0.5, 0.6) is 0 Å². The smallest absolute Gasteiger partial charge is 0.134 e. The maximum absolute atomic E-state index is 5.86. The zero-order chi connectivity index (χ0) is 13.1. The first-order valence-electron chi connectivity index (χ1n) is 7.54. The normalized spacial score (nSPS) is 24.5. The lowest BCUT2D eigenvalue weighted by Gasteiger charge is -2.22. The summed E-state index contributed by atoms with van der Waals surface area (Å²) < 4.78 is 5.86. The van der Waals surface area contributed by atoms with Crippen molar-refractivity contribution in [2.75, 3.05) is 0 Å². The van der Waals surface area contributed by atoms with Gasteiger partial charge in [0.25, 0.3) is 0 Å². The van der Waals surface area contributed by atoms with Gasteiger partial charge in [0.05, 0.1) is 6.54 Å². The second kappa shape index (κ2) is 5.79. The summed E-state index contributed by atoms with van der Waals surface area (Å²) in [5.41, 5.74) is 0.994. The van der Waals surface area contributed by atoms with Crippen molar-refractivity contribution in [2.24, 2.45) is 5.92 Å². The van der Waals surface area contributed by atoms with Gasteiger partial charge in [-0.15, -0.1) is 0 Å². The van der Waals surface area contributed by atoms with E-state index in [1.165, 1.54) is 37.5 Å². The number of nitrogens with one attached hydrogen (secondary N) is 1. The van der Waals surface area contributed by atoms with Crippen LogP contribution in [0.1, 0.15) is 44.8 Å². The van der Waals surface area contributed by atoms with Gasteiger partial charge in [-0.3, -0.25) is 0 Å². The summed E-state index contributed by atoms with van der Waals surface area (Å²) in [4.78, 5) is 0. The Labute approximate surface area is 115 Å². The van der Waals surface area contributed by atoms with Gasteiger partial charge >= 0.3 is 0 Å². The predicted octanol–water partition coefficient (Wildman–Crippen LogP) is 4.49. The molecule has 1 aliphatic rings. The van der Waals surface area contributed by atoms with Gasteiger partial charge in [-0.2, -0.15) is 0 Å². The Hall–Kier alpha value is -1.28. The Balaban J connectivity index is 1.64. The second-order valence-corrected chi connectivity index (χ2v) is 5.85. The van der Waals surface area contributed by atoms with Crippen LogP contribution >= 0.6 is 0 Å². The molecule has 2 aromatic rings. The highest BCUT2D eigenvalue weighted by Crippen LogP contribution is 2.24. The summed E-state index contributed by atoms with van der Waals surface area (Å²) in [7, 11) is 0. The van der Waals surface area contributed by atoms with Crippen LogP contribution in [-0.4, -0.2) is 6.04 Å². The molecule has 2 unspecified atom stereocenters.